The van der Waals surface area contributed by atoms with E-state index in [1.54, 1.807) is 0 Å². The fraction of sp³-hybridized carbons (Fsp3) is 0.800. The van der Waals surface area contributed by atoms with Gasteiger partial charge in [0, 0.05) is 0 Å². The second kappa shape index (κ2) is 7.85. The summed E-state index contributed by atoms with van der Waals surface area (Å²) in [5, 5.41) is 3.17. The molecule has 0 bridgehead atoms. The molecule has 0 aromatic heterocycles. The summed E-state index contributed by atoms with van der Waals surface area (Å²) in [5.74, 6) is -0.204. The topological polar surface area (TPSA) is 64.6 Å². The number of allylic oxidation sites excluding steroid dienone is 1. The first-order chi connectivity index (χ1) is 12.0. The predicted octanol–water partition coefficient (Wildman–Crippen LogP) is 3.80. The Morgan fingerprint density at radius 1 is 1.38 bits per heavy atom. The van der Waals surface area contributed by atoms with Gasteiger partial charge in [-0.1, -0.05) is 32.4 Å². The number of esters is 1. The second-order valence-electron chi connectivity index (χ2n) is 9.10. The Morgan fingerprint density at radius 3 is 2.50 bits per heavy atom. The van der Waals surface area contributed by atoms with Gasteiger partial charge in [0.25, 0.3) is 0 Å². The number of carbonyl (C=O) groups excluding carboxylic acids is 2. The molecule has 148 valence electrons. The van der Waals surface area contributed by atoms with Crippen LogP contribution in [0.15, 0.2) is 11.6 Å². The van der Waals surface area contributed by atoms with E-state index < -0.39 is 8.32 Å². The largest absolute Gasteiger partial charge is 0.466 e. The van der Waals surface area contributed by atoms with Crippen molar-refractivity contribution in [2.24, 2.45) is 11.8 Å². The highest BCUT2D eigenvalue weighted by Crippen LogP contribution is 2.40. The van der Waals surface area contributed by atoms with E-state index in [0.717, 1.165) is 12.8 Å². The lowest BCUT2D eigenvalue weighted by Gasteiger charge is -2.46. The first kappa shape index (κ1) is 21.2. The van der Waals surface area contributed by atoms with E-state index in [1.807, 2.05) is 13.8 Å². The SMILES string of the molecule is CCOC(=O)C1CC=C([C@H]2NC(=O)[C@@H]2[C@@H](C)O[Si](C)(C)C(C)(C)C)CC1. The molecule has 2 rings (SSSR count). The highest BCUT2D eigenvalue weighted by molar-refractivity contribution is 6.74. The molecule has 0 spiro atoms. The lowest BCUT2D eigenvalue weighted by molar-refractivity contribution is -0.148. The molecule has 1 heterocycles. The molecule has 1 unspecified atom stereocenters. The number of nitrogens with one attached hydrogen (secondary N) is 1. The van der Waals surface area contributed by atoms with E-state index in [2.05, 4.69) is 45.3 Å². The van der Waals surface area contributed by atoms with Crippen molar-refractivity contribution >= 4 is 20.2 Å². The maximum Gasteiger partial charge on any atom is 0.309 e. The molecular weight excluding hydrogens is 346 g/mol. The van der Waals surface area contributed by atoms with Gasteiger partial charge in [-0.05, 0) is 51.2 Å². The summed E-state index contributed by atoms with van der Waals surface area (Å²) in [6.45, 7) is 15.4. The van der Waals surface area contributed by atoms with Crippen LogP contribution in [0.3, 0.4) is 0 Å². The minimum absolute atomic E-state index is 0.0467. The quantitative estimate of drug-likeness (QED) is 0.329. The highest BCUT2D eigenvalue weighted by Gasteiger charge is 2.48. The lowest BCUT2D eigenvalue weighted by atomic mass is 9.76. The highest BCUT2D eigenvalue weighted by atomic mass is 28.4. The van der Waals surface area contributed by atoms with Crippen LogP contribution in [0, 0.1) is 11.8 Å². The third-order valence-corrected chi connectivity index (χ3v) is 10.8. The van der Waals surface area contributed by atoms with Crippen molar-refractivity contribution < 1.29 is 18.8 Å². The van der Waals surface area contributed by atoms with Crippen LogP contribution < -0.4 is 5.32 Å². The van der Waals surface area contributed by atoms with Gasteiger partial charge in [0.15, 0.2) is 8.32 Å². The molecule has 0 aromatic carbocycles. The fourth-order valence-corrected chi connectivity index (χ4v) is 4.96. The summed E-state index contributed by atoms with van der Waals surface area (Å²) < 4.78 is 11.6. The zero-order chi connectivity index (χ0) is 19.7. The van der Waals surface area contributed by atoms with E-state index in [-0.39, 0.29) is 40.9 Å². The van der Waals surface area contributed by atoms with E-state index in [0.29, 0.717) is 13.0 Å². The molecule has 0 radical (unpaired) electrons. The summed E-state index contributed by atoms with van der Waals surface area (Å²) in [5.41, 5.74) is 1.24. The molecule has 1 saturated heterocycles. The molecule has 2 aliphatic rings. The first-order valence-electron chi connectivity index (χ1n) is 9.81. The van der Waals surface area contributed by atoms with Gasteiger partial charge in [0.1, 0.15) is 0 Å². The Bertz CT molecular complexity index is 579. The van der Waals surface area contributed by atoms with E-state index in [4.69, 9.17) is 9.16 Å². The predicted molar refractivity (Wildman–Crippen MR) is 105 cm³/mol. The molecule has 5 nitrogen and oxygen atoms in total. The Morgan fingerprint density at radius 2 is 2.04 bits per heavy atom. The molecule has 1 amide bonds. The maximum absolute atomic E-state index is 12.2. The summed E-state index contributed by atoms with van der Waals surface area (Å²) >= 11 is 0. The number of hydrogen-bond donors (Lipinski definition) is 1. The van der Waals surface area contributed by atoms with Crippen molar-refractivity contribution in [1.29, 1.82) is 0 Å². The average molecular weight is 382 g/mol. The zero-order valence-electron chi connectivity index (χ0n) is 17.3. The van der Waals surface area contributed by atoms with Crippen LogP contribution in [0.4, 0.5) is 0 Å². The van der Waals surface area contributed by atoms with Crippen molar-refractivity contribution in [3.63, 3.8) is 0 Å². The first-order valence-corrected chi connectivity index (χ1v) is 12.7. The van der Waals surface area contributed by atoms with Gasteiger partial charge in [-0.15, -0.1) is 0 Å². The summed E-state index contributed by atoms with van der Waals surface area (Å²) in [7, 11) is -1.92. The smallest absolute Gasteiger partial charge is 0.309 e. The van der Waals surface area contributed by atoms with Gasteiger partial charge in [0.2, 0.25) is 5.91 Å². The second-order valence-corrected chi connectivity index (χ2v) is 13.9. The third-order valence-electron chi connectivity index (χ3n) is 6.22. The van der Waals surface area contributed by atoms with E-state index in [9.17, 15) is 9.59 Å². The Hall–Kier alpha value is -1.14. The molecule has 1 aliphatic heterocycles. The molecule has 0 saturated carbocycles. The zero-order valence-corrected chi connectivity index (χ0v) is 18.3. The molecule has 1 N–H and O–H groups in total. The van der Waals surface area contributed by atoms with Crippen LogP contribution in [0.2, 0.25) is 18.1 Å². The molecular formula is C20H35NO4Si. The van der Waals surface area contributed by atoms with Crippen LogP contribution in [-0.2, 0) is 18.8 Å². The monoisotopic (exact) mass is 381 g/mol. The lowest BCUT2D eigenvalue weighted by Crippen LogP contribution is -2.64. The van der Waals surface area contributed by atoms with Gasteiger partial charge >= 0.3 is 5.97 Å². The molecule has 26 heavy (non-hydrogen) atoms. The Labute approximate surface area is 159 Å². The van der Waals surface area contributed by atoms with E-state index >= 15 is 0 Å². The van der Waals surface area contributed by atoms with Gasteiger partial charge in [0.05, 0.1) is 30.6 Å². The fourth-order valence-electron chi connectivity index (χ4n) is 3.53. The van der Waals surface area contributed by atoms with Gasteiger partial charge in [-0.2, -0.15) is 0 Å². The molecule has 0 aromatic rings. The number of hydrogen-bond acceptors (Lipinski definition) is 4. The normalized spacial score (nSPS) is 27.9. The number of amides is 1. The van der Waals surface area contributed by atoms with Crippen molar-refractivity contribution in [2.75, 3.05) is 6.61 Å². The maximum atomic E-state index is 12.2. The van der Waals surface area contributed by atoms with Crippen LogP contribution in [0.5, 0.6) is 0 Å². The number of ether oxygens (including phenoxy) is 1. The average Bonchev–Trinajstić information content (AvgIpc) is 2.51. The molecule has 1 aliphatic carbocycles. The van der Waals surface area contributed by atoms with Crippen LogP contribution >= 0.6 is 0 Å². The number of rotatable bonds is 6. The number of carbonyl (C=O) groups is 2. The van der Waals surface area contributed by atoms with E-state index in [1.165, 1.54) is 5.57 Å². The standard InChI is InChI=1S/C20H35NO4Si/c1-8-24-19(23)15-11-9-14(10-12-15)17-16(18(22)21-17)13(2)25-26(6,7)20(3,4)5/h9,13,15-17H,8,10-12H2,1-7H3,(H,21,22)/t13-,15?,16-,17-/m1/s1. The minimum Gasteiger partial charge on any atom is -0.466 e. The van der Waals surface area contributed by atoms with Gasteiger partial charge in [-0.3, -0.25) is 9.59 Å². The Balaban J connectivity index is 2.01. The van der Waals surface area contributed by atoms with Crippen LogP contribution in [0.1, 0.15) is 53.9 Å². The van der Waals surface area contributed by atoms with Gasteiger partial charge in [-0.25, -0.2) is 0 Å². The summed E-state index contributed by atoms with van der Waals surface area (Å²) in [4.78, 5) is 24.1. The van der Waals surface area contributed by atoms with Crippen LogP contribution in [-0.4, -0.2) is 38.9 Å². The summed E-state index contributed by atoms with van der Waals surface area (Å²) in [6.07, 6.45) is 4.35. The molecule has 1 fully saturated rings. The summed E-state index contributed by atoms with van der Waals surface area (Å²) in [6, 6.07) is 0.0467. The molecule has 6 heteroatoms. The number of β-lactam (4-membered cyclic amide) rings is 1. The van der Waals surface area contributed by atoms with Gasteiger partial charge < -0.3 is 14.5 Å². The van der Waals surface area contributed by atoms with Crippen molar-refractivity contribution in [3.05, 3.63) is 11.6 Å². The van der Waals surface area contributed by atoms with Crippen molar-refractivity contribution in [3.8, 4) is 0 Å². The van der Waals surface area contributed by atoms with Crippen molar-refractivity contribution in [2.45, 2.75) is 84.2 Å². The van der Waals surface area contributed by atoms with Crippen LogP contribution in [0.25, 0.3) is 0 Å². The minimum atomic E-state index is -1.92. The van der Waals surface area contributed by atoms with Crippen molar-refractivity contribution in [1.82, 2.24) is 5.32 Å². The molecule has 4 atom stereocenters. The Kier molecular flexibility index (Phi) is 6.39. The third kappa shape index (κ3) is 4.39.